The van der Waals surface area contributed by atoms with Crippen molar-refractivity contribution in [1.82, 2.24) is 0 Å². The van der Waals surface area contributed by atoms with Crippen molar-refractivity contribution in [3.8, 4) is 5.75 Å². The van der Waals surface area contributed by atoms with Crippen molar-refractivity contribution in [2.75, 3.05) is 0 Å². The number of aliphatic hydroxyl groups excluding tert-OH is 1. The highest BCUT2D eigenvalue weighted by atomic mass is 79.9. The number of rotatable bonds is 2. The van der Waals surface area contributed by atoms with Crippen LogP contribution in [0.2, 0.25) is 5.02 Å². The second-order valence-corrected chi connectivity index (χ2v) is 5.05. The quantitative estimate of drug-likeness (QED) is 0.905. The van der Waals surface area contributed by atoms with Crippen LogP contribution in [0, 0.1) is 0 Å². The summed E-state index contributed by atoms with van der Waals surface area (Å²) in [6.07, 6.45) is 2.24. The Bertz CT molecular complexity index is 356. The Morgan fingerprint density at radius 3 is 2.87 bits per heavy atom. The zero-order valence-electron chi connectivity index (χ0n) is 8.12. The number of benzene rings is 1. The minimum absolute atomic E-state index is 0.114. The Morgan fingerprint density at radius 1 is 1.40 bits per heavy atom. The van der Waals surface area contributed by atoms with Crippen LogP contribution in [0.3, 0.4) is 0 Å². The van der Waals surface area contributed by atoms with Crippen LogP contribution in [-0.4, -0.2) is 17.3 Å². The molecule has 1 aliphatic rings. The van der Waals surface area contributed by atoms with Gasteiger partial charge in [-0.1, -0.05) is 27.5 Å². The van der Waals surface area contributed by atoms with E-state index >= 15 is 0 Å². The molecule has 2 unspecified atom stereocenters. The van der Waals surface area contributed by atoms with Gasteiger partial charge in [0, 0.05) is 4.47 Å². The van der Waals surface area contributed by atoms with E-state index < -0.39 is 0 Å². The Balaban J connectivity index is 2.12. The first-order valence-electron chi connectivity index (χ1n) is 4.96. The Kier molecular flexibility index (Phi) is 3.54. The van der Waals surface area contributed by atoms with E-state index in [4.69, 9.17) is 16.3 Å². The molecule has 4 heteroatoms. The second kappa shape index (κ2) is 4.73. The van der Waals surface area contributed by atoms with Gasteiger partial charge in [-0.05, 0) is 37.5 Å². The van der Waals surface area contributed by atoms with Gasteiger partial charge in [-0.2, -0.15) is 0 Å². The molecule has 0 spiro atoms. The van der Waals surface area contributed by atoms with Gasteiger partial charge < -0.3 is 9.84 Å². The molecule has 1 aromatic rings. The van der Waals surface area contributed by atoms with Crippen LogP contribution in [0.25, 0.3) is 0 Å². The molecule has 2 atom stereocenters. The third-order valence-corrected chi connectivity index (χ3v) is 3.39. The Morgan fingerprint density at radius 2 is 2.20 bits per heavy atom. The summed E-state index contributed by atoms with van der Waals surface area (Å²) in [6.45, 7) is 0. The van der Waals surface area contributed by atoms with E-state index in [1.807, 2.05) is 12.1 Å². The number of aliphatic hydroxyl groups is 1. The van der Waals surface area contributed by atoms with Crippen molar-refractivity contribution in [3.05, 3.63) is 27.7 Å². The molecule has 15 heavy (non-hydrogen) atoms. The largest absolute Gasteiger partial charge is 0.486 e. The van der Waals surface area contributed by atoms with Gasteiger partial charge in [0.25, 0.3) is 0 Å². The summed E-state index contributed by atoms with van der Waals surface area (Å²) < 4.78 is 6.61. The van der Waals surface area contributed by atoms with Crippen LogP contribution in [0.4, 0.5) is 0 Å². The molecule has 0 aliphatic heterocycles. The first kappa shape index (κ1) is 11.2. The van der Waals surface area contributed by atoms with Crippen molar-refractivity contribution < 1.29 is 9.84 Å². The lowest BCUT2D eigenvalue weighted by molar-refractivity contribution is 0.0604. The zero-order chi connectivity index (χ0) is 10.8. The van der Waals surface area contributed by atoms with Crippen molar-refractivity contribution in [1.29, 1.82) is 0 Å². The van der Waals surface area contributed by atoms with Crippen molar-refractivity contribution in [3.63, 3.8) is 0 Å². The predicted octanol–water partition coefficient (Wildman–Crippen LogP) is 3.39. The highest BCUT2D eigenvalue weighted by Gasteiger charge is 2.27. The van der Waals surface area contributed by atoms with Gasteiger partial charge in [0.05, 0.1) is 11.1 Å². The van der Waals surface area contributed by atoms with Gasteiger partial charge in [-0.15, -0.1) is 0 Å². The molecule has 1 saturated carbocycles. The van der Waals surface area contributed by atoms with E-state index in [9.17, 15) is 5.11 Å². The minimum Gasteiger partial charge on any atom is -0.486 e. The maximum atomic E-state index is 9.63. The SMILES string of the molecule is OC1CCCC1Oc1cc(Br)ccc1Cl. The van der Waals surface area contributed by atoms with Crippen LogP contribution in [0.1, 0.15) is 19.3 Å². The molecule has 2 nitrogen and oxygen atoms in total. The molecule has 1 aliphatic carbocycles. The van der Waals surface area contributed by atoms with Crippen LogP contribution >= 0.6 is 27.5 Å². The van der Waals surface area contributed by atoms with E-state index in [-0.39, 0.29) is 12.2 Å². The van der Waals surface area contributed by atoms with Gasteiger partial charge in [0.15, 0.2) is 0 Å². The molecule has 2 rings (SSSR count). The molecule has 1 N–H and O–H groups in total. The van der Waals surface area contributed by atoms with Crippen LogP contribution in [0.15, 0.2) is 22.7 Å². The normalized spacial score (nSPS) is 25.5. The van der Waals surface area contributed by atoms with E-state index in [0.717, 1.165) is 23.7 Å². The van der Waals surface area contributed by atoms with Crippen molar-refractivity contribution in [2.45, 2.75) is 31.5 Å². The standard InChI is InChI=1S/C11H12BrClO2/c12-7-4-5-8(13)11(6-7)15-10-3-1-2-9(10)14/h4-6,9-10,14H,1-3H2. The average molecular weight is 292 g/mol. The fourth-order valence-corrected chi connectivity index (χ4v) is 2.28. The second-order valence-electron chi connectivity index (χ2n) is 3.73. The molecule has 0 bridgehead atoms. The lowest BCUT2D eigenvalue weighted by Gasteiger charge is -2.18. The third-order valence-electron chi connectivity index (χ3n) is 2.59. The minimum atomic E-state index is -0.361. The molecule has 0 saturated heterocycles. The maximum absolute atomic E-state index is 9.63. The van der Waals surface area contributed by atoms with Gasteiger partial charge in [0.1, 0.15) is 11.9 Å². The highest BCUT2D eigenvalue weighted by Crippen LogP contribution is 2.32. The number of ether oxygens (including phenoxy) is 1. The van der Waals surface area contributed by atoms with Crippen LogP contribution in [0.5, 0.6) is 5.75 Å². The summed E-state index contributed by atoms with van der Waals surface area (Å²) in [5.41, 5.74) is 0. The van der Waals surface area contributed by atoms with Crippen LogP contribution < -0.4 is 4.74 Å². The fourth-order valence-electron chi connectivity index (χ4n) is 1.77. The summed E-state index contributed by atoms with van der Waals surface area (Å²) in [4.78, 5) is 0. The van der Waals surface area contributed by atoms with Gasteiger partial charge >= 0.3 is 0 Å². The summed E-state index contributed by atoms with van der Waals surface area (Å²) >= 11 is 9.35. The van der Waals surface area contributed by atoms with Crippen LogP contribution in [-0.2, 0) is 0 Å². The maximum Gasteiger partial charge on any atom is 0.139 e. The number of hydrogen-bond acceptors (Lipinski definition) is 2. The van der Waals surface area contributed by atoms with E-state index in [1.165, 1.54) is 0 Å². The summed E-state index contributed by atoms with van der Waals surface area (Å²) in [7, 11) is 0. The summed E-state index contributed by atoms with van der Waals surface area (Å²) in [5.74, 6) is 0.636. The molecule has 0 heterocycles. The zero-order valence-corrected chi connectivity index (χ0v) is 10.5. The molecular formula is C11H12BrClO2. The Hall–Kier alpha value is -0.250. The van der Waals surface area contributed by atoms with Gasteiger partial charge in [-0.25, -0.2) is 0 Å². The van der Waals surface area contributed by atoms with Gasteiger partial charge in [-0.3, -0.25) is 0 Å². The van der Waals surface area contributed by atoms with E-state index in [2.05, 4.69) is 15.9 Å². The molecule has 82 valence electrons. The number of hydrogen-bond donors (Lipinski definition) is 1. The molecule has 0 radical (unpaired) electrons. The summed E-state index contributed by atoms with van der Waals surface area (Å²) in [5, 5.41) is 10.2. The first-order valence-corrected chi connectivity index (χ1v) is 6.13. The lowest BCUT2D eigenvalue weighted by Crippen LogP contribution is -2.25. The molecule has 0 aromatic heterocycles. The monoisotopic (exact) mass is 290 g/mol. The van der Waals surface area contributed by atoms with E-state index in [1.54, 1.807) is 6.07 Å². The van der Waals surface area contributed by atoms with Crippen molar-refractivity contribution in [2.24, 2.45) is 0 Å². The summed E-state index contributed by atoms with van der Waals surface area (Å²) in [6, 6.07) is 5.47. The average Bonchev–Trinajstić information content (AvgIpc) is 2.58. The number of halogens is 2. The molecule has 1 aromatic carbocycles. The Labute approximate surface area is 102 Å². The third kappa shape index (κ3) is 2.65. The predicted molar refractivity (Wildman–Crippen MR) is 63.4 cm³/mol. The molecule has 1 fully saturated rings. The fraction of sp³-hybridized carbons (Fsp3) is 0.455. The molecule has 0 amide bonds. The lowest BCUT2D eigenvalue weighted by atomic mass is 10.2. The topological polar surface area (TPSA) is 29.5 Å². The van der Waals surface area contributed by atoms with Gasteiger partial charge in [0.2, 0.25) is 0 Å². The molecular weight excluding hydrogens is 279 g/mol. The smallest absolute Gasteiger partial charge is 0.139 e. The highest BCUT2D eigenvalue weighted by molar-refractivity contribution is 9.10. The van der Waals surface area contributed by atoms with E-state index in [0.29, 0.717) is 10.8 Å². The van der Waals surface area contributed by atoms with Crippen molar-refractivity contribution >= 4 is 27.5 Å². The first-order chi connectivity index (χ1) is 7.16.